The van der Waals surface area contributed by atoms with Gasteiger partial charge in [-0.3, -0.25) is 4.79 Å². The number of carbonyl (C=O) groups is 1. The van der Waals surface area contributed by atoms with Crippen LogP contribution in [-0.2, 0) is 0 Å². The van der Waals surface area contributed by atoms with E-state index in [0.29, 0.717) is 30.0 Å². The molecule has 0 aliphatic carbocycles. The van der Waals surface area contributed by atoms with E-state index >= 15 is 0 Å². The van der Waals surface area contributed by atoms with Crippen LogP contribution in [0.5, 0.6) is 11.5 Å². The Morgan fingerprint density at radius 2 is 1.55 bits per heavy atom. The molecule has 0 spiro atoms. The summed E-state index contributed by atoms with van der Waals surface area (Å²) in [5.41, 5.74) is 4.92. The minimum absolute atomic E-state index is 0.276. The molecule has 1 N–H and O–H groups in total. The Bertz CT molecular complexity index is 1390. The van der Waals surface area contributed by atoms with Gasteiger partial charge in [0, 0.05) is 22.4 Å². The van der Waals surface area contributed by atoms with Crippen molar-refractivity contribution in [1.29, 1.82) is 5.26 Å². The molecule has 1 aliphatic heterocycles. The van der Waals surface area contributed by atoms with Gasteiger partial charge < -0.3 is 14.8 Å². The van der Waals surface area contributed by atoms with E-state index in [1.165, 1.54) is 0 Å². The maximum Gasteiger partial charge on any atom is 0.255 e. The standard InChI is InChI=1S/C27H19N3O3/c28-17-18-4-1-6-21(14-18)27(31)29-22-7-2-5-19(15-22)23-8-3-9-24(30-23)20-10-11-25-26(16-20)33-13-12-32-25/h1-11,14-16H,12-13H2,(H,29,31). The Morgan fingerprint density at radius 1 is 0.818 bits per heavy atom. The molecule has 3 aromatic carbocycles. The minimum atomic E-state index is -0.276. The smallest absolute Gasteiger partial charge is 0.255 e. The number of nitrogens with one attached hydrogen (secondary N) is 1. The SMILES string of the molecule is N#Cc1cccc(C(=O)Nc2cccc(-c3cccc(-c4ccc5c(c4)OCCO5)n3)c2)c1. The van der Waals surface area contributed by atoms with Gasteiger partial charge in [-0.1, -0.05) is 24.3 Å². The number of carbonyl (C=O) groups excluding carboxylic acids is 1. The predicted octanol–water partition coefficient (Wildman–Crippen LogP) is 5.31. The fraction of sp³-hybridized carbons (Fsp3) is 0.0741. The third kappa shape index (κ3) is 4.39. The molecular formula is C27H19N3O3. The van der Waals surface area contributed by atoms with Gasteiger partial charge in [0.1, 0.15) is 13.2 Å². The van der Waals surface area contributed by atoms with Gasteiger partial charge in [-0.2, -0.15) is 5.26 Å². The van der Waals surface area contributed by atoms with Crippen LogP contribution in [0.1, 0.15) is 15.9 Å². The van der Waals surface area contributed by atoms with Crippen molar-refractivity contribution in [1.82, 2.24) is 4.98 Å². The highest BCUT2D eigenvalue weighted by atomic mass is 16.6. The zero-order valence-corrected chi connectivity index (χ0v) is 17.6. The van der Waals surface area contributed by atoms with Crippen LogP contribution in [0.3, 0.4) is 0 Å². The molecule has 1 aromatic heterocycles. The molecule has 0 unspecified atom stereocenters. The first-order chi connectivity index (χ1) is 16.2. The summed E-state index contributed by atoms with van der Waals surface area (Å²) in [6, 6.07) is 27.8. The second-order valence-electron chi connectivity index (χ2n) is 7.49. The largest absolute Gasteiger partial charge is 0.486 e. The number of nitriles is 1. The van der Waals surface area contributed by atoms with E-state index in [4.69, 9.17) is 19.7 Å². The van der Waals surface area contributed by atoms with Crippen LogP contribution >= 0.6 is 0 Å². The van der Waals surface area contributed by atoms with Gasteiger partial charge >= 0.3 is 0 Å². The van der Waals surface area contributed by atoms with Crippen molar-refractivity contribution in [3.63, 3.8) is 0 Å². The van der Waals surface area contributed by atoms with E-state index in [0.717, 1.165) is 34.0 Å². The lowest BCUT2D eigenvalue weighted by atomic mass is 10.1. The maximum absolute atomic E-state index is 12.6. The third-order valence-corrected chi connectivity index (χ3v) is 5.26. The molecule has 2 heterocycles. The fourth-order valence-corrected chi connectivity index (χ4v) is 3.65. The van der Waals surface area contributed by atoms with Gasteiger partial charge in [0.25, 0.3) is 5.91 Å². The van der Waals surface area contributed by atoms with Crippen LogP contribution in [0.25, 0.3) is 22.5 Å². The number of hydrogen-bond donors (Lipinski definition) is 1. The molecule has 33 heavy (non-hydrogen) atoms. The zero-order chi connectivity index (χ0) is 22.6. The zero-order valence-electron chi connectivity index (χ0n) is 17.6. The molecule has 1 aliphatic rings. The van der Waals surface area contributed by atoms with Crippen LogP contribution in [0.4, 0.5) is 5.69 Å². The number of fused-ring (bicyclic) bond motifs is 1. The van der Waals surface area contributed by atoms with Crippen LogP contribution in [-0.4, -0.2) is 24.1 Å². The van der Waals surface area contributed by atoms with E-state index in [1.54, 1.807) is 24.3 Å². The minimum Gasteiger partial charge on any atom is -0.486 e. The molecule has 0 radical (unpaired) electrons. The number of amides is 1. The van der Waals surface area contributed by atoms with E-state index in [9.17, 15) is 4.79 Å². The van der Waals surface area contributed by atoms with Crippen molar-refractivity contribution in [2.45, 2.75) is 0 Å². The van der Waals surface area contributed by atoms with Crippen LogP contribution < -0.4 is 14.8 Å². The Hall–Kier alpha value is -4.63. The topological polar surface area (TPSA) is 84.2 Å². The molecule has 1 amide bonds. The summed E-state index contributed by atoms with van der Waals surface area (Å²) in [7, 11) is 0. The van der Waals surface area contributed by atoms with Crippen molar-refractivity contribution in [2.75, 3.05) is 18.5 Å². The number of hydrogen-bond acceptors (Lipinski definition) is 5. The summed E-state index contributed by atoms with van der Waals surface area (Å²) < 4.78 is 11.3. The molecular weight excluding hydrogens is 414 g/mol. The summed E-state index contributed by atoms with van der Waals surface area (Å²) >= 11 is 0. The van der Waals surface area contributed by atoms with Gasteiger partial charge in [0.15, 0.2) is 11.5 Å². The molecule has 0 bridgehead atoms. The van der Waals surface area contributed by atoms with E-state index in [2.05, 4.69) is 5.32 Å². The van der Waals surface area contributed by atoms with Crippen molar-refractivity contribution >= 4 is 11.6 Å². The van der Waals surface area contributed by atoms with Crippen molar-refractivity contribution in [2.24, 2.45) is 0 Å². The van der Waals surface area contributed by atoms with Crippen LogP contribution in [0.15, 0.2) is 84.9 Å². The molecule has 0 atom stereocenters. The average molecular weight is 433 g/mol. The quantitative estimate of drug-likeness (QED) is 0.471. The van der Waals surface area contributed by atoms with Gasteiger partial charge in [-0.15, -0.1) is 0 Å². The molecule has 160 valence electrons. The second kappa shape index (κ2) is 8.85. The van der Waals surface area contributed by atoms with E-state index in [1.807, 2.05) is 66.7 Å². The maximum atomic E-state index is 12.6. The van der Waals surface area contributed by atoms with E-state index < -0.39 is 0 Å². The molecule has 6 heteroatoms. The van der Waals surface area contributed by atoms with Gasteiger partial charge in [0.05, 0.1) is 23.0 Å². The number of ether oxygens (including phenoxy) is 2. The number of pyridine rings is 1. The summed E-state index contributed by atoms with van der Waals surface area (Å²) in [6.45, 7) is 1.08. The lowest BCUT2D eigenvalue weighted by molar-refractivity contribution is 0.102. The Kier molecular flexibility index (Phi) is 5.44. The average Bonchev–Trinajstić information content (AvgIpc) is 2.88. The highest BCUT2D eigenvalue weighted by Crippen LogP contribution is 2.34. The van der Waals surface area contributed by atoms with Gasteiger partial charge in [-0.05, 0) is 60.7 Å². The molecule has 0 saturated carbocycles. The lowest BCUT2D eigenvalue weighted by Crippen LogP contribution is -2.15. The Labute approximate surface area is 191 Å². The predicted molar refractivity (Wildman–Crippen MR) is 125 cm³/mol. The molecule has 6 nitrogen and oxygen atoms in total. The van der Waals surface area contributed by atoms with Crippen LogP contribution in [0.2, 0.25) is 0 Å². The number of rotatable bonds is 4. The van der Waals surface area contributed by atoms with Crippen molar-refractivity contribution in [3.05, 3.63) is 96.1 Å². The molecule has 4 aromatic rings. The molecule has 0 fully saturated rings. The van der Waals surface area contributed by atoms with E-state index in [-0.39, 0.29) is 5.91 Å². The summed E-state index contributed by atoms with van der Waals surface area (Å²) in [6.07, 6.45) is 0. The number of nitrogens with zero attached hydrogens (tertiary/aromatic N) is 2. The normalized spacial score (nSPS) is 12.0. The summed E-state index contributed by atoms with van der Waals surface area (Å²) in [5, 5.41) is 12.0. The lowest BCUT2D eigenvalue weighted by Gasteiger charge is -2.18. The molecule has 0 saturated heterocycles. The first kappa shape index (κ1) is 20.3. The summed E-state index contributed by atoms with van der Waals surface area (Å²) in [5.74, 6) is 1.18. The third-order valence-electron chi connectivity index (χ3n) is 5.26. The monoisotopic (exact) mass is 433 g/mol. The van der Waals surface area contributed by atoms with Crippen molar-refractivity contribution in [3.8, 4) is 40.1 Å². The number of benzene rings is 3. The Balaban J connectivity index is 1.40. The first-order valence-electron chi connectivity index (χ1n) is 10.5. The van der Waals surface area contributed by atoms with Crippen molar-refractivity contribution < 1.29 is 14.3 Å². The second-order valence-corrected chi connectivity index (χ2v) is 7.49. The highest BCUT2D eigenvalue weighted by Gasteiger charge is 2.14. The van der Waals surface area contributed by atoms with Gasteiger partial charge in [-0.25, -0.2) is 4.98 Å². The van der Waals surface area contributed by atoms with Gasteiger partial charge in [0.2, 0.25) is 0 Å². The number of aromatic nitrogens is 1. The first-order valence-corrected chi connectivity index (χ1v) is 10.5. The highest BCUT2D eigenvalue weighted by molar-refractivity contribution is 6.04. The number of anilines is 1. The fourth-order valence-electron chi connectivity index (χ4n) is 3.65. The Morgan fingerprint density at radius 3 is 2.36 bits per heavy atom. The molecule has 5 rings (SSSR count). The van der Waals surface area contributed by atoms with Crippen LogP contribution in [0, 0.1) is 11.3 Å². The summed E-state index contributed by atoms with van der Waals surface area (Å²) in [4.78, 5) is 17.4.